The fourth-order valence-corrected chi connectivity index (χ4v) is 1.97. The fourth-order valence-electron chi connectivity index (χ4n) is 1.97. The van der Waals surface area contributed by atoms with Gasteiger partial charge in [-0.15, -0.1) is 0 Å². The Hall–Kier alpha value is -1.97. The molecule has 0 atom stereocenters. The number of aromatic nitrogens is 2. The van der Waals surface area contributed by atoms with E-state index in [1.807, 2.05) is 28.9 Å². The Bertz CT molecular complexity index is 564. The first kappa shape index (κ1) is 14.4. The Balaban J connectivity index is 2.44. The quantitative estimate of drug-likeness (QED) is 0.925. The van der Waals surface area contributed by atoms with Crippen LogP contribution >= 0.6 is 0 Å². The third kappa shape index (κ3) is 2.95. The van der Waals surface area contributed by atoms with Gasteiger partial charge in [-0.3, -0.25) is 0 Å². The molecule has 0 radical (unpaired) electrons. The van der Waals surface area contributed by atoms with Gasteiger partial charge in [-0.2, -0.15) is 5.10 Å². The van der Waals surface area contributed by atoms with Crippen LogP contribution in [-0.4, -0.2) is 23.4 Å². The Kier molecular flexibility index (Phi) is 4.02. The molecule has 0 aliphatic carbocycles. The van der Waals surface area contributed by atoms with Crippen molar-refractivity contribution in [1.29, 1.82) is 0 Å². The summed E-state index contributed by atoms with van der Waals surface area (Å²) in [5, 5.41) is 8.10. The SMILES string of the molecule is CCNc1cc(C(C)(C)C)nn1-c1ccc(OC)cc1. The van der Waals surface area contributed by atoms with Crippen molar-refractivity contribution in [3.05, 3.63) is 36.0 Å². The van der Waals surface area contributed by atoms with Gasteiger partial charge in [0.1, 0.15) is 11.6 Å². The van der Waals surface area contributed by atoms with Crippen LogP contribution in [0.25, 0.3) is 5.69 Å². The third-order valence-corrected chi connectivity index (χ3v) is 3.15. The number of ether oxygens (including phenoxy) is 1. The molecule has 4 nitrogen and oxygen atoms in total. The van der Waals surface area contributed by atoms with Gasteiger partial charge in [0.25, 0.3) is 0 Å². The molecule has 1 aromatic carbocycles. The minimum atomic E-state index is 0.0297. The molecular formula is C16H23N3O. The highest BCUT2D eigenvalue weighted by Gasteiger charge is 2.20. The van der Waals surface area contributed by atoms with Crippen LogP contribution < -0.4 is 10.1 Å². The Morgan fingerprint density at radius 2 is 1.85 bits per heavy atom. The van der Waals surface area contributed by atoms with Crippen molar-refractivity contribution in [2.24, 2.45) is 0 Å². The molecule has 0 saturated carbocycles. The molecule has 1 heterocycles. The largest absolute Gasteiger partial charge is 0.497 e. The van der Waals surface area contributed by atoms with Gasteiger partial charge in [0, 0.05) is 18.0 Å². The summed E-state index contributed by atoms with van der Waals surface area (Å²) in [5.74, 6) is 1.87. The van der Waals surface area contributed by atoms with Crippen LogP contribution in [-0.2, 0) is 5.41 Å². The topological polar surface area (TPSA) is 39.1 Å². The van der Waals surface area contributed by atoms with E-state index in [1.165, 1.54) is 0 Å². The number of nitrogens with one attached hydrogen (secondary N) is 1. The van der Waals surface area contributed by atoms with Crippen LogP contribution in [0.1, 0.15) is 33.4 Å². The average Bonchev–Trinajstić information content (AvgIpc) is 2.83. The van der Waals surface area contributed by atoms with Crippen LogP contribution in [0, 0.1) is 0 Å². The monoisotopic (exact) mass is 273 g/mol. The van der Waals surface area contributed by atoms with Gasteiger partial charge >= 0.3 is 0 Å². The highest BCUT2D eigenvalue weighted by Crippen LogP contribution is 2.26. The summed E-state index contributed by atoms with van der Waals surface area (Å²) >= 11 is 0. The molecule has 108 valence electrons. The molecule has 20 heavy (non-hydrogen) atoms. The maximum Gasteiger partial charge on any atom is 0.130 e. The summed E-state index contributed by atoms with van der Waals surface area (Å²) < 4.78 is 7.14. The van der Waals surface area contributed by atoms with Crippen LogP contribution in [0.3, 0.4) is 0 Å². The van der Waals surface area contributed by atoms with E-state index in [0.29, 0.717) is 0 Å². The molecule has 1 N–H and O–H groups in total. The van der Waals surface area contributed by atoms with Crippen molar-refractivity contribution >= 4 is 5.82 Å². The van der Waals surface area contributed by atoms with Crippen molar-refractivity contribution in [1.82, 2.24) is 9.78 Å². The molecule has 1 aromatic heterocycles. The van der Waals surface area contributed by atoms with E-state index in [1.54, 1.807) is 7.11 Å². The van der Waals surface area contributed by atoms with Gasteiger partial charge in [-0.25, -0.2) is 4.68 Å². The van der Waals surface area contributed by atoms with Crippen LogP contribution in [0.2, 0.25) is 0 Å². The van der Waals surface area contributed by atoms with Gasteiger partial charge in [0.2, 0.25) is 0 Å². The first-order valence-electron chi connectivity index (χ1n) is 6.94. The lowest BCUT2D eigenvalue weighted by Gasteiger charge is -2.14. The maximum atomic E-state index is 5.20. The molecule has 2 aromatic rings. The van der Waals surface area contributed by atoms with Crippen molar-refractivity contribution in [2.75, 3.05) is 19.0 Å². The Labute approximate surface area is 120 Å². The minimum absolute atomic E-state index is 0.0297. The zero-order chi connectivity index (χ0) is 14.8. The normalized spacial score (nSPS) is 11.4. The molecule has 4 heteroatoms. The van der Waals surface area contributed by atoms with Crippen molar-refractivity contribution in [3.8, 4) is 11.4 Å². The second-order valence-corrected chi connectivity index (χ2v) is 5.80. The Morgan fingerprint density at radius 1 is 1.20 bits per heavy atom. The zero-order valence-electron chi connectivity index (χ0n) is 12.9. The number of methoxy groups -OCH3 is 1. The molecule has 0 aliphatic rings. The number of benzene rings is 1. The second kappa shape index (κ2) is 5.57. The van der Waals surface area contributed by atoms with E-state index in [-0.39, 0.29) is 5.41 Å². The van der Waals surface area contributed by atoms with Gasteiger partial charge in [0.15, 0.2) is 0 Å². The van der Waals surface area contributed by atoms with E-state index in [9.17, 15) is 0 Å². The molecule has 0 aliphatic heterocycles. The molecule has 0 spiro atoms. The number of hydrogen-bond donors (Lipinski definition) is 1. The lowest BCUT2D eigenvalue weighted by atomic mass is 9.92. The zero-order valence-corrected chi connectivity index (χ0v) is 12.9. The molecule has 0 amide bonds. The number of anilines is 1. The highest BCUT2D eigenvalue weighted by atomic mass is 16.5. The Morgan fingerprint density at radius 3 is 2.35 bits per heavy atom. The van der Waals surface area contributed by atoms with Crippen LogP contribution in [0.15, 0.2) is 30.3 Å². The number of nitrogens with zero attached hydrogens (tertiary/aromatic N) is 2. The van der Waals surface area contributed by atoms with E-state index in [4.69, 9.17) is 9.84 Å². The van der Waals surface area contributed by atoms with E-state index in [2.05, 4.69) is 39.1 Å². The molecule has 0 saturated heterocycles. The van der Waals surface area contributed by atoms with Crippen LogP contribution in [0.4, 0.5) is 5.82 Å². The molecular weight excluding hydrogens is 250 g/mol. The summed E-state index contributed by atoms with van der Waals surface area (Å²) in [6.07, 6.45) is 0. The van der Waals surface area contributed by atoms with Gasteiger partial charge in [0.05, 0.1) is 18.5 Å². The van der Waals surface area contributed by atoms with Crippen molar-refractivity contribution in [2.45, 2.75) is 33.1 Å². The van der Waals surface area contributed by atoms with E-state index >= 15 is 0 Å². The predicted molar refractivity (Wildman–Crippen MR) is 83.0 cm³/mol. The highest BCUT2D eigenvalue weighted by molar-refractivity contribution is 5.48. The van der Waals surface area contributed by atoms with Crippen molar-refractivity contribution < 1.29 is 4.74 Å². The molecule has 0 fully saturated rings. The lowest BCUT2D eigenvalue weighted by molar-refractivity contribution is 0.414. The van der Waals surface area contributed by atoms with Gasteiger partial charge < -0.3 is 10.1 Å². The summed E-state index contributed by atoms with van der Waals surface area (Å²) in [5.41, 5.74) is 2.13. The maximum absolute atomic E-state index is 5.20. The number of rotatable bonds is 4. The first-order valence-corrected chi connectivity index (χ1v) is 6.94. The van der Waals surface area contributed by atoms with Gasteiger partial charge in [-0.1, -0.05) is 20.8 Å². The fraction of sp³-hybridized carbons (Fsp3) is 0.438. The molecule has 0 unspecified atom stereocenters. The average molecular weight is 273 g/mol. The van der Waals surface area contributed by atoms with Crippen molar-refractivity contribution in [3.63, 3.8) is 0 Å². The lowest BCUT2D eigenvalue weighted by Crippen LogP contribution is -2.12. The summed E-state index contributed by atoms with van der Waals surface area (Å²) in [6, 6.07) is 10.0. The summed E-state index contributed by atoms with van der Waals surface area (Å²) in [6.45, 7) is 9.46. The summed E-state index contributed by atoms with van der Waals surface area (Å²) in [4.78, 5) is 0. The first-order chi connectivity index (χ1) is 9.45. The third-order valence-electron chi connectivity index (χ3n) is 3.15. The molecule has 2 rings (SSSR count). The van der Waals surface area contributed by atoms with E-state index < -0.39 is 0 Å². The standard InChI is InChI=1S/C16H23N3O/c1-6-17-15-11-14(16(2,3)4)18-19(15)12-7-9-13(20-5)10-8-12/h7-11,17H,6H2,1-5H3. The van der Waals surface area contributed by atoms with Crippen LogP contribution in [0.5, 0.6) is 5.75 Å². The summed E-state index contributed by atoms with van der Waals surface area (Å²) in [7, 11) is 1.67. The predicted octanol–water partition coefficient (Wildman–Crippen LogP) is 3.61. The molecule has 0 bridgehead atoms. The second-order valence-electron chi connectivity index (χ2n) is 5.80. The van der Waals surface area contributed by atoms with Gasteiger partial charge in [-0.05, 0) is 31.2 Å². The smallest absolute Gasteiger partial charge is 0.130 e. The number of hydrogen-bond acceptors (Lipinski definition) is 3. The minimum Gasteiger partial charge on any atom is -0.497 e. The van der Waals surface area contributed by atoms with E-state index in [0.717, 1.165) is 29.5 Å².